The maximum Gasteiger partial charge on any atom is 0.0726 e. The first kappa shape index (κ1) is 26.6. The predicted molar refractivity (Wildman–Crippen MR) is 230 cm³/mol. The van der Waals surface area contributed by atoms with Crippen molar-refractivity contribution >= 4 is 44.9 Å². The largest absolute Gasteiger partial charge is 0.310 e. The lowest BCUT2D eigenvalue weighted by molar-refractivity contribution is 0.793. The Kier molecular flexibility index (Phi) is 6.03. The van der Waals surface area contributed by atoms with Gasteiger partial charge in [0.25, 0.3) is 0 Å². The molecule has 2 aliphatic carbocycles. The standard InChI is InChI=1S/C53H36N2/c1-4-19-38(20-5-1)54(39-21-6-2-7-22-39)41-32-34-50-47(35-41)45-27-13-15-29-49(45)53(50)48-28-14-12-26-44(48)46-33-31-42(36-51(46)53)55(40-23-8-3-9-24-40)52-30-16-18-37-17-10-11-25-43(37)52/h1-36H/i1D,4D,5D,19D,20D. The highest BCUT2D eigenvalue weighted by atomic mass is 15.1. The topological polar surface area (TPSA) is 6.48 Å². The normalized spacial score (nSPS) is 15.9. The lowest BCUT2D eigenvalue weighted by Crippen LogP contribution is -2.26. The number of rotatable bonds is 6. The summed E-state index contributed by atoms with van der Waals surface area (Å²) in [7, 11) is 0. The third-order valence-corrected chi connectivity index (χ3v) is 11.3. The maximum atomic E-state index is 9.03. The summed E-state index contributed by atoms with van der Waals surface area (Å²) < 4.78 is 43.6. The predicted octanol–water partition coefficient (Wildman–Crippen LogP) is 14.1. The van der Waals surface area contributed by atoms with Crippen LogP contribution in [-0.4, -0.2) is 0 Å². The van der Waals surface area contributed by atoms with Crippen molar-refractivity contribution in [2.75, 3.05) is 9.80 Å². The molecule has 0 aliphatic heterocycles. The highest BCUT2D eigenvalue weighted by molar-refractivity contribution is 6.01. The molecule has 1 unspecified atom stereocenters. The van der Waals surface area contributed by atoms with Gasteiger partial charge in [0.2, 0.25) is 0 Å². The summed E-state index contributed by atoms with van der Waals surface area (Å²) in [6.45, 7) is 0. The fourth-order valence-electron chi connectivity index (χ4n) is 9.15. The first-order valence-corrected chi connectivity index (χ1v) is 18.6. The van der Waals surface area contributed by atoms with E-state index < -0.39 is 11.5 Å². The molecule has 0 fully saturated rings. The summed E-state index contributed by atoms with van der Waals surface area (Å²) in [6.07, 6.45) is 0. The SMILES string of the molecule is [2H]c1c([2H])c([2H])c(N(c2ccccc2)c2ccc3c(c2)-c2ccccc2C32c3ccccc3-c3ccc(N(c4ccccc4)c4cccc5ccccc45)cc32)c([2H])c1[2H]. The zero-order chi connectivity index (χ0) is 40.7. The second-order valence-corrected chi connectivity index (χ2v) is 14.1. The smallest absolute Gasteiger partial charge is 0.0726 e. The van der Waals surface area contributed by atoms with Crippen molar-refractivity contribution < 1.29 is 6.85 Å². The number of nitrogens with zero attached hydrogens (tertiary/aromatic N) is 2. The van der Waals surface area contributed by atoms with Gasteiger partial charge in [-0.1, -0.05) is 152 Å². The maximum absolute atomic E-state index is 9.03. The second-order valence-electron chi connectivity index (χ2n) is 14.1. The van der Waals surface area contributed by atoms with Crippen molar-refractivity contribution in [3.63, 3.8) is 0 Å². The van der Waals surface area contributed by atoms with Gasteiger partial charge >= 0.3 is 0 Å². The van der Waals surface area contributed by atoms with Gasteiger partial charge in [0.15, 0.2) is 0 Å². The van der Waals surface area contributed by atoms with Crippen LogP contribution in [-0.2, 0) is 5.41 Å². The van der Waals surface area contributed by atoms with Gasteiger partial charge in [-0.3, -0.25) is 0 Å². The van der Waals surface area contributed by atoms with Gasteiger partial charge in [0.05, 0.1) is 18.0 Å². The molecule has 2 nitrogen and oxygen atoms in total. The van der Waals surface area contributed by atoms with E-state index in [4.69, 9.17) is 6.85 Å². The minimum Gasteiger partial charge on any atom is -0.310 e. The Morgan fingerprint density at radius 2 is 0.891 bits per heavy atom. The van der Waals surface area contributed by atoms with E-state index in [-0.39, 0.29) is 29.9 Å². The summed E-state index contributed by atoms with van der Waals surface area (Å²) >= 11 is 0. The molecule has 9 aromatic rings. The van der Waals surface area contributed by atoms with Gasteiger partial charge in [-0.2, -0.15) is 0 Å². The van der Waals surface area contributed by atoms with Gasteiger partial charge in [-0.15, -0.1) is 0 Å². The molecular weight excluding hydrogens is 665 g/mol. The molecule has 0 saturated carbocycles. The number of anilines is 6. The summed E-state index contributed by atoms with van der Waals surface area (Å²) in [5.74, 6) is 0. The van der Waals surface area contributed by atoms with Crippen LogP contribution >= 0.6 is 0 Å². The summed E-state index contributed by atoms with van der Waals surface area (Å²) in [5.41, 5.74) is 13.2. The van der Waals surface area contributed by atoms with Crippen molar-refractivity contribution in [2.24, 2.45) is 0 Å². The van der Waals surface area contributed by atoms with E-state index >= 15 is 0 Å². The van der Waals surface area contributed by atoms with Crippen LogP contribution < -0.4 is 9.80 Å². The Morgan fingerprint density at radius 1 is 0.345 bits per heavy atom. The molecule has 0 heterocycles. The molecule has 1 spiro atoms. The van der Waals surface area contributed by atoms with Gasteiger partial charge in [-0.25, -0.2) is 0 Å². The molecule has 11 rings (SSSR count). The minimum absolute atomic E-state index is 0.101. The van der Waals surface area contributed by atoms with Crippen LogP contribution in [0.15, 0.2) is 218 Å². The third-order valence-electron chi connectivity index (χ3n) is 11.3. The van der Waals surface area contributed by atoms with Crippen molar-refractivity contribution in [3.05, 3.63) is 241 Å². The first-order valence-electron chi connectivity index (χ1n) is 21.1. The monoisotopic (exact) mass is 705 g/mol. The second kappa shape index (κ2) is 12.5. The third kappa shape index (κ3) is 4.68. The molecule has 0 amide bonds. The van der Waals surface area contributed by atoms with Crippen LogP contribution in [0.4, 0.5) is 34.1 Å². The molecule has 2 aliphatic rings. The highest BCUT2D eigenvalue weighted by Crippen LogP contribution is 2.64. The van der Waals surface area contributed by atoms with Gasteiger partial charge in [0, 0.05) is 33.8 Å². The van der Waals surface area contributed by atoms with E-state index in [1.54, 1.807) is 4.90 Å². The van der Waals surface area contributed by atoms with E-state index in [1.165, 1.54) is 33.2 Å². The fraction of sp³-hybridized carbons (Fsp3) is 0.0189. The number of para-hydroxylation sites is 3. The number of hydrogen-bond donors (Lipinski definition) is 0. The van der Waals surface area contributed by atoms with E-state index in [0.29, 0.717) is 11.4 Å². The van der Waals surface area contributed by atoms with Crippen LogP contribution in [0.2, 0.25) is 0 Å². The average Bonchev–Trinajstić information content (AvgIpc) is 3.76. The molecular formula is C53H36N2. The Bertz CT molecular complexity index is 3150. The quantitative estimate of drug-likeness (QED) is 0.170. The lowest BCUT2D eigenvalue weighted by atomic mass is 9.70. The van der Waals surface area contributed by atoms with E-state index in [0.717, 1.165) is 39.1 Å². The Hall–Kier alpha value is -7.16. The number of hydrogen-bond acceptors (Lipinski definition) is 2. The van der Waals surface area contributed by atoms with Crippen molar-refractivity contribution in [3.8, 4) is 22.3 Å². The van der Waals surface area contributed by atoms with Crippen LogP contribution in [0.25, 0.3) is 33.0 Å². The Labute approximate surface area is 328 Å². The molecule has 9 aromatic carbocycles. The number of benzene rings is 9. The first-order chi connectivity index (χ1) is 29.4. The van der Waals surface area contributed by atoms with Crippen molar-refractivity contribution in [1.29, 1.82) is 0 Å². The summed E-state index contributed by atoms with van der Waals surface area (Å²) in [6, 6.07) is 64.0. The highest BCUT2D eigenvalue weighted by Gasteiger charge is 2.52. The average molecular weight is 706 g/mol. The van der Waals surface area contributed by atoms with E-state index in [2.05, 4.69) is 157 Å². The van der Waals surface area contributed by atoms with Crippen molar-refractivity contribution in [1.82, 2.24) is 0 Å². The summed E-state index contributed by atoms with van der Waals surface area (Å²) in [5, 5.41) is 2.33. The fourth-order valence-corrected chi connectivity index (χ4v) is 9.15. The molecule has 0 saturated heterocycles. The molecule has 0 aromatic heterocycles. The molecule has 55 heavy (non-hydrogen) atoms. The van der Waals surface area contributed by atoms with Crippen LogP contribution in [0.3, 0.4) is 0 Å². The van der Waals surface area contributed by atoms with E-state index in [1.807, 2.05) is 36.4 Å². The number of fused-ring (bicyclic) bond motifs is 11. The molecule has 0 bridgehead atoms. The zero-order valence-corrected chi connectivity index (χ0v) is 29.8. The van der Waals surface area contributed by atoms with E-state index in [9.17, 15) is 0 Å². The Morgan fingerprint density at radius 3 is 1.64 bits per heavy atom. The molecule has 2 heteroatoms. The van der Waals surface area contributed by atoms with Gasteiger partial charge in [0.1, 0.15) is 0 Å². The minimum atomic E-state index is -0.665. The molecule has 0 radical (unpaired) electrons. The molecule has 0 N–H and O–H groups in total. The van der Waals surface area contributed by atoms with Crippen LogP contribution in [0, 0.1) is 0 Å². The van der Waals surface area contributed by atoms with Crippen LogP contribution in [0.1, 0.15) is 29.1 Å². The summed E-state index contributed by atoms with van der Waals surface area (Å²) in [4.78, 5) is 4.16. The Balaban J connectivity index is 1.17. The lowest BCUT2D eigenvalue weighted by Gasteiger charge is -2.33. The zero-order valence-electron chi connectivity index (χ0n) is 34.8. The molecule has 1 atom stereocenters. The molecule has 258 valence electrons. The van der Waals surface area contributed by atoms with Crippen LogP contribution in [0.5, 0.6) is 0 Å². The van der Waals surface area contributed by atoms with Gasteiger partial charge < -0.3 is 9.80 Å². The van der Waals surface area contributed by atoms with Gasteiger partial charge in [-0.05, 0) is 117 Å². The van der Waals surface area contributed by atoms with Crippen molar-refractivity contribution in [2.45, 2.75) is 5.41 Å².